The van der Waals surface area contributed by atoms with Crippen LogP contribution in [0.5, 0.6) is 0 Å². The van der Waals surface area contributed by atoms with Crippen molar-refractivity contribution in [3.8, 4) is 0 Å². The Morgan fingerprint density at radius 2 is 1.91 bits per heavy atom. The Balaban J connectivity index is 1.73. The summed E-state index contributed by atoms with van der Waals surface area (Å²) >= 11 is 0. The summed E-state index contributed by atoms with van der Waals surface area (Å²) in [4.78, 5) is 24.6. The molecular formula is C21H28O2. The maximum absolute atomic E-state index is 12.8. The molecule has 124 valence electrons. The number of rotatable bonds is 1. The van der Waals surface area contributed by atoms with Crippen LogP contribution < -0.4 is 0 Å². The van der Waals surface area contributed by atoms with Gasteiger partial charge in [0.15, 0.2) is 11.6 Å². The quantitative estimate of drug-likeness (QED) is 0.714. The average molecular weight is 312 g/mol. The number of Topliss-reactive ketones (excluding diaryl/α,β-unsaturated/α-hetero) is 1. The summed E-state index contributed by atoms with van der Waals surface area (Å²) in [5, 5.41) is 0. The lowest BCUT2D eigenvalue weighted by molar-refractivity contribution is -0.126. The van der Waals surface area contributed by atoms with Crippen LogP contribution in [0.25, 0.3) is 0 Å². The molecule has 4 rings (SSSR count). The molecule has 0 radical (unpaired) electrons. The second-order valence-electron chi connectivity index (χ2n) is 8.81. The third-order valence-electron chi connectivity index (χ3n) is 8.08. The Hall–Kier alpha value is -1.18. The van der Waals surface area contributed by atoms with E-state index < -0.39 is 0 Å². The minimum Gasteiger partial charge on any atom is -0.295 e. The van der Waals surface area contributed by atoms with Gasteiger partial charge in [0.25, 0.3) is 0 Å². The molecule has 4 aliphatic carbocycles. The normalized spacial score (nSPS) is 48.6. The van der Waals surface area contributed by atoms with E-state index in [1.54, 1.807) is 12.2 Å². The predicted molar refractivity (Wildman–Crippen MR) is 90.8 cm³/mol. The standard InChI is InChI=1S/C21H28O2/c1-4-13-5-6-16-15-12-19(23)18-11-14(22)7-9-21(18,3)17(15)8-10-20(13,16)2/h7,9,11,13,15-17H,4-6,8,10,12H2,1-3H3/t13-,15-,16-,17-,20+,21+/m0/s1. The van der Waals surface area contributed by atoms with E-state index in [1.807, 2.05) is 6.08 Å². The molecule has 23 heavy (non-hydrogen) atoms. The highest BCUT2D eigenvalue weighted by molar-refractivity contribution is 6.10. The molecule has 0 amide bonds. The SMILES string of the molecule is CC[C@H]1CC[C@H]2[C@@H]3CC(=O)C4=CC(=O)C=C[C@]4(C)[C@H]3CC[C@]12C. The molecule has 0 unspecified atom stereocenters. The molecule has 4 aliphatic rings. The van der Waals surface area contributed by atoms with Crippen molar-refractivity contribution < 1.29 is 9.59 Å². The molecule has 3 saturated carbocycles. The number of carbonyl (C=O) groups excluding carboxylic acids is 2. The van der Waals surface area contributed by atoms with Gasteiger partial charge in [-0.2, -0.15) is 0 Å². The summed E-state index contributed by atoms with van der Waals surface area (Å²) in [6.07, 6.45) is 12.4. The third-order valence-corrected chi connectivity index (χ3v) is 8.08. The molecule has 0 heterocycles. The van der Waals surface area contributed by atoms with Crippen molar-refractivity contribution in [2.24, 2.45) is 34.5 Å². The Kier molecular flexibility index (Phi) is 3.28. The summed E-state index contributed by atoms with van der Waals surface area (Å²) in [5.41, 5.74) is 1.02. The van der Waals surface area contributed by atoms with Crippen LogP contribution in [0.3, 0.4) is 0 Å². The van der Waals surface area contributed by atoms with E-state index in [2.05, 4.69) is 20.8 Å². The average Bonchev–Trinajstić information content (AvgIpc) is 2.86. The summed E-state index contributed by atoms with van der Waals surface area (Å²) in [6, 6.07) is 0. The first-order valence-corrected chi connectivity index (χ1v) is 9.38. The zero-order valence-electron chi connectivity index (χ0n) is 14.6. The second kappa shape index (κ2) is 4.91. The molecule has 6 atom stereocenters. The first kappa shape index (κ1) is 15.4. The van der Waals surface area contributed by atoms with Crippen molar-refractivity contribution in [2.75, 3.05) is 0 Å². The number of hydrogen-bond donors (Lipinski definition) is 0. The van der Waals surface area contributed by atoms with Gasteiger partial charge in [-0.3, -0.25) is 9.59 Å². The predicted octanol–water partition coefficient (Wildman–Crippen LogP) is 4.50. The van der Waals surface area contributed by atoms with Gasteiger partial charge in [-0.05, 0) is 66.9 Å². The van der Waals surface area contributed by atoms with E-state index in [-0.39, 0.29) is 17.0 Å². The van der Waals surface area contributed by atoms with Gasteiger partial charge in [0.05, 0.1) is 0 Å². The van der Waals surface area contributed by atoms with Crippen LogP contribution in [0.2, 0.25) is 0 Å². The third kappa shape index (κ3) is 1.93. The van der Waals surface area contributed by atoms with E-state index in [9.17, 15) is 9.59 Å². The van der Waals surface area contributed by atoms with Gasteiger partial charge in [0.2, 0.25) is 0 Å². The van der Waals surface area contributed by atoms with Crippen LogP contribution in [0.15, 0.2) is 23.8 Å². The zero-order valence-corrected chi connectivity index (χ0v) is 14.6. The van der Waals surface area contributed by atoms with Gasteiger partial charge in [-0.15, -0.1) is 0 Å². The monoisotopic (exact) mass is 312 g/mol. The first-order valence-electron chi connectivity index (χ1n) is 9.38. The van der Waals surface area contributed by atoms with Crippen LogP contribution in [0, 0.1) is 34.5 Å². The number of hydrogen-bond acceptors (Lipinski definition) is 2. The summed E-state index contributed by atoms with van der Waals surface area (Å²) in [6.45, 7) is 7.02. The van der Waals surface area contributed by atoms with Crippen molar-refractivity contribution >= 4 is 11.6 Å². The molecule has 0 aromatic heterocycles. The fraction of sp³-hybridized carbons (Fsp3) is 0.714. The van der Waals surface area contributed by atoms with E-state index in [4.69, 9.17) is 0 Å². The van der Waals surface area contributed by atoms with Crippen molar-refractivity contribution in [3.63, 3.8) is 0 Å². The van der Waals surface area contributed by atoms with Crippen molar-refractivity contribution in [1.82, 2.24) is 0 Å². The minimum absolute atomic E-state index is 0.0168. The second-order valence-corrected chi connectivity index (χ2v) is 8.81. The van der Waals surface area contributed by atoms with Gasteiger partial charge in [0, 0.05) is 17.4 Å². The smallest absolute Gasteiger partial charge is 0.178 e. The molecule has 0 aromatic carbocycles. The topological polar surface area (TPSA) is 34.1 Å². The van der Waals surface area contributed by atoms with Gasteiger partial charge in [-0.1, -0.05) is 33.3 Å². The lowest BCUT2D eigenvalue weighted by Crippen LogP contribution is -2.51. The van der Waals surface area contributed by atoms with Crippen molar-refractivity contribution in [2.45, 2.75) is 59.3 Å². The first-order chi connectivity index (χ1) is 10.9. The number of carbonyl (C=O) groups is 2. The van der Waals surface area contributed by atoms with E-state index in [1.165, 1.54) is 32.1 Å². The molecule has 0 aliphatic heterocycles. The molecule has 0 spiro atoms. The molecule has 0 aromatic rings. The Labute approximate surface area is 139 Å². The fourth-order valence-corrected chi connectivity index (χ4v) is 6.82. The molecular weight excluding hydrogens is 284 g/mol. The largest absolute Gasteiger partial charge is 0.295 e. The highest BCUT2D eigenvalue weighted by atomic mass is 16.1. The van der Waals surface area contributed by atoms with Crippen LogP contribution in [-0.2, 0) is 9.59 Å². The molecule has 2 nitrogen and oxygen atoms in total. The minimum atomic E-state index is -0.209. The van der Waals surface area contributed by atoms with Crippen molar-refractivity contribution in [1.29, 1.82) is 0 Å². The lowest BCUT2D eigenvalue weighted by atomic mass is 9.47. The number of fused-ring (bicyclic) bond motifs is 5. The molecule has 2 heteroatoms. The van der Waals surface area contributed by atoms with E-state index in [0.29, 0.717) is 29.6 Å². The number of allylic oxidation sites excluding steroid dienone is 4. The van der Waals surface area contributed by atoms with Crippen LogP contribution in [0.4, 0.5) is 0 Å². The summed E-state index contributed by atoms with van der Waals surface area (Å²) in [5.74, 6) is 2.78. The van der Waals surface area contributed by atoms with Crippen LogP contribution in [0.1, 0.15) is 59.3 Å². The molecule has 0 N–H and O–H groups in total. The molecule has 3 fully saturated rings. The zero-order chi connectivity index (χ0) is 16.4. The van der Waals surface area contributed by atoms with Gasteiger partial charge < -0.3 is 0 Å². The Bertz CT molecular complexity index is 628. The summed E-state index contributed by atoms with van der Waals surface area (Å²) < 4.78 is 0. The Morgan fingerprint density at radius 3 is 2.65 bits per heavy atom. The highest BCUT2D eigenvalue weighted by Crippen LogP contribution is 2.65. The van der Waals surface area contributed by atoms with E-state index >= 15 is 0 Å². The summed E-state index contributed by atoms with van der Waals surface area (Å²) in [7, 11) is 0. The maximum Gasteiger partial charge on any atom is 0.178 e. The molecule has 0 bridgehead atoms. The van der Waals surface area contributed by atoms with E-state index in [0.717, 1.165) is 11.5 Å². The number of ketones is 2. The van der Waals surface area contributed by atoms with Gasteiger partial charge >= 0.3 is 0 Å². The fourth-order valence-electron chi connectivity index (χ4n) is 6.82. The van der Waals surface area contributed by atoms with Crippen molar-refractivity contribution in [3.05, 3.63) is 23.8 Å². The van der Waals surface area contributed by atoms with Crippen LogP contribution >= 0.6 is 0 Å². The molecule has 0 saturated heterocycles. The Morgan fingerprint density at radius 1 is 1.13 bits per heavy atom. The maximum atomic E-state index is 12.8. The van der Waals surface area contributed by atoms with Gasteiger partial charge in [-0.25, -0.2) is 0 Å². The van der Waals surface area contributed by atoms with Crippen LogP contribution in [-0.4, -0.2) is 11.6 Å². The lowest BCUT2D eigenvalue weighted by Gasteiger charge is -2.56. The van der Waals surface area contributed by atoms with Gasteiger partial charge in [0.1, 0.15) is 0 Å². The highest BCUT2D eigenvalue weighted by Gasteiger charge is 2.59.